The summed E-state index contributed by atoms with van der Waals surface area (Å²) in [7, 11) is 1.25. The summed E-state index contributed by atoms with van der Waals surface area (Å²) in [4.78, 5) is 36.2. The molecule has 1 aromatic rings. The number of alkyl halides is 1. The number of nitrogens with zero attached hydrogens (tertiary/aromatic N) is 1. The Kier molecular flexibility index (Phi) is 4.39. The number of benzene rings is 1. The average Bonchev–Trinajstić information content (AvgIpc) is 2.48. The highest BCUT2D eigenvalue weighted by Crippen LogP contribution is 2.33. The summed E-state index contributed by atoms with van der Waals surface area (Å²) in [5.74, 6) is -0.557. The van der Waals surface area contributed by atoms with E-state index in [1.165, 1.54) is 12.0 Å². The molecule has 0 atom stereocenters. The third-order valence-electron chi connectivity index (χ3n) is 2.86. The van der Waals surface area contributed by atoms with Crippen molar-refractivity contribution < 1.29 is 23.9 Å². The van der Waals surface area contributed by atoms with Gasteiger partial charge in [-0.2, -0.15) is 0 Å². The molecule has 0 aliphatic carbocycles. The van der Waals surface area contributed by atoms with Crippen LogP contribution in [0.3, 0.4) is 0 Å². The standard InChI is InChI=1S/C13H12BrNO5/c1-19-13(18)6-15-9-4-8(10(16)5-14)2-3-11(9)20-7-12(15)17/h2-4H,5-7H2,1H3. The number of fused-ring (bicyclic) bond motifs is 1. The number of hydrogen-bond donors (Lipinski definition) is 0. The second kappa shape index (κ2) is 6.04. The number of amides is 1. The predicted octanol–water partition coefficient (Wildman–Crippen LogP) is 1.16. The molecule has 2 rings (SSSR count). The third-order valence-corrected chi connectivity index (χ3v) is 3.37. The fraction of sp³-hybridized carbons (Fsp3) is 0.308. The molecule has 0 radical (unpaired) electrons. The first-order chi connectivity index (χ1) is 9.56. The monoisotopic (exact) mass is 341 g/mol. The summed E-state index contributed by atoms with van der Waals surface area (Å²) in [6.07, 6.45) is 0. The molecule has 1 amide bonds. The van der Waals surface area contributed by atoms with Crippen LogP contribution in [0.15, 0.2) is 18.2 Å². The minimum Gasteiger partial charge on any atom is -0.482 e. The number of ketones is 1. The molecule has 6 nitrogen and oxygen atoms in total. The molecule has 1 aliphatic rings. The zero-order valence-corrected chi connectivity index (χ0v) is 12.3. The maximum Gasteiger partial charge on any atom is 0.325 e. The second-order valence-electron chi connectivity index (χ2n) is 4.08. The van der Waals surface area contributed by atoms with Crippen LogP contribution in [0.1, 0.15) is 10.4 Å². The Bertz CT molecular complexity index is 572. The van der Waals surface area contributed by atoms with E-state index in [-0.39, 0.29) is 30.2 Å². The highest BCUT2D eigenvalue weighted by molar-refractivity contribution is 9.09. The summed E-state index contributed by atoms with van der Waals surface area (Å²) in [6, 6.07) is 4.77. The molecule has 0 bridgehead atoms. The predicted molar refractivity (Wildman–Crippen MR) is 74.4 cm³/mol. The van der Waals surface area contributed by atoms with Gasteiger partial charge in [0, 0.05) is 5.56 Å². The van der Waals surface area contributed by atoms with Crippen molar-refractivity contribution in [2.75, 3.05) is 30.5 Å². The number of esters is 1. The summed E-state index contributed by atoms with van der Waals surface area (Å²) < 4.78 is 9.85. The number of halogens is 1. The van der Waals surface area contributed by atoms with Gasteiger partial charge in [-0.15, -0.1) is 0 Å². The number of ether oxygens (including phenoxy) is 2. The zero-order chi connectivity index (χ0) is 14.7. The van der Waals surface area contributed by atoms with Gasteiger partial charge in [-0.3, -0.25) is 19.3 Å². The first-order valence-electron chi connectivity index (χ1n) is 5.80. The maximum atomic E-state index is 11.9. The van der Waals surface area contributed by atoms with Crippen molar-refractivity contribution in [2.45, 2.75) is 0 Å². The van der Waals surface area contributed by atoms with E-state index < -0.39 is 5.97 Å². The van der Waals surface area contributed by atoms with Crippen molar-refractivity contribution in [3.05, 3.63) is 23.8 Å². The highest BCUT2D eigenvalue weighted by Gasteiger charge is 2.28. The van der Waals surface area contributed by atoms with Crippen LogP contribution in [-0.2, 0) is 14.3 Å². The molecule has 0 saturated heterocycles. The van der Waals surface area contributed by atoms with Gasteiger partial charge in [-0.05, 0) is 18.2 Å². The lowest BCUT2D eigenvalue weighted by molar-refractivity contribution is -0.140. The number of Topliss-reactive ketones (excluding diaryl/α,β-unsaturated/α-hetero) is 1. The number of carbonyl (C=O) groups excluding carboxylic acids is 3. The summed E-state index contributed by atoms with van der Waals surface area (Å²) in [5.41, 5.74) is 0.840. The Morgan fingerprint density at radius 1 is 1.45 bits per heavy atom. The van der Waals surface area contributed by atoms with Crippen LogP contribution in [0.5, 0.6) is 5.75 Å². The van der Waals surface area contributed by atoms with Crippen LogP contribution in [0, 0.1) is 0 Å². The van der Waals surface area contributed by atoms with Crippen molar-refractivity contribution >= 4 is 39.3 Å². The number of anilines is 1. The summed E-state index contributed by atoms with van der Waals surface area (Å²) in [6.45, 7) is -0.354. The van der Waals surface area contributed by atoms with E-state index in [9.17, 15) is 14.4 Å². The molecule has 7 heteroatoms. The zero-order valence-electron chi connectivity index (χ0n) is 10.7. The van der Waals surface area contributed by atoms with Gasteiger partial charge in [0.25, 0.3) is 5.91 Å². The lowest BCUT2D eigenvalue weighted by Gasteiger charge is -2.28. The highest BCUT2D eigenvalue weighted by atomic mass is 79.9. The Balaban J connectivity index is 2.39. The second-order valence-corrected chi connectivity index (χ2v) is 4.64. The van der Waals surface area contributed by atoms with E-state index >= 15 is 0 Å². The quantitative estimate of drug-likeness (QED) is 0.467. The summed E-state index contributed by atoms with van der Waals surface area (Å²) >= 11 is 3.09. The Morgan fingerprint density at radius 3 is 2.85 bits per heavy atom. The van der Waals surface area contributed by atoms with Crippen molar-refractivity contribution in [3.63, 3.8) is 0 Å². The molecule has 20 heavy (non-hydrogen) atoms. The van der Waals surface area contributed by atoms with Gasteiger partial charge in [0.1, 0.15) is 12.3 Å². The molecule has 0 N–H and O–H groups in total. The SMILES string of the molecule is COC(=O)CN1C(=O)COc2ccc(C(=O)CBr)cc21. The summed E-state index contributed by atoms with van der Waals surface area (Å²) in [5, 5.41) is 0.178. The first-order valence-corrected chi connectivity index (χ1v) is 6.92. The van der Waals surface area contributed by atoms with Gasteiger partial charge >= 0.3 is 5.97 Å². The molecular weight excluding hydrogens is 330 g/mol. The molecule has 1 heterocycles. The van der Waals surface area contributed by atoms with Crippen LogP contribution >= 0.6 is 15.9 Å². The maximum absolute atomic E-state index is 11.9. The number of hydrogen-bond acceptors (Lipinski definition) is 5. The number of rotatable bonds is 4. The molecule has 0 unspecified atom stereocenters. The van der Waals surface area contributed by atoms with Crippen molar-refractivity contribution in [1.82, 2.24) is 0 Å². The van der Waals surface area contributed by atoms with Crippen molar-refractivity contribution in [1.29, 1.82) is 0 Å². The first kappa shape index (κ1) is 14.5. The van der Waals surface area contributed by atoms with Crippen LogP contribution in [0.2, 0.25) is 0 Å². The van der Waals surface area contributed by atoms with Crippen LogP contribution in [0.25, 0.3) is 0 Å². The fourth-order valence-electron chi connectivity index (χ4n) is 1.82. The Morgan fingerprint density at radius 2 is 2.20 bits per heavy atom. The fourth-order valence-corrected chi connectivity index (χ4v) is 2.14. The minimum atomic E-state index is -0.538. The Labute approximate surface area is 123 Å². The van der Waals surface area contributed by atoms with E-state index in [2.05, 4.69) is 20.7 Å². The van der Waals surface area contributed by atoms with Gasteiger partial charge in [0.2, 0.25) is 0 Å². The van der Waals surface area contributed by atoms with E-state index in [4.69, 9.17) is 4.74 Å². The van der Waals surface area contributed by atoms with Crippen LogP contribution < -0.4 is 9.64 Å². The molecule has 0 aromatic heterocycles. The molecular formula is C13H12BrNO5. The Hall–Kier alpha value is -1.89. The molecule has 1 aromatic carbocycles. The van der Waals surface area contributed by atoms with E-state index in [1.807, 2.05) is 0 Å². The van der Waals surface area contributed by atoms with Crippen LogP contribution in [0.4, 0.5) is 5.69 Å². The van der Waals surface area contributed by atoms with Crippen molar-refractivity contribution in [3.8, 4) is 5.75 Å². The largest absolute Gasteiger partial charge is 0.482 e. The van der Waals surface area contributed by atoms with Gasteiger partial charge < -0.3 is 9.47 Å². The molecule has 1 aliphatic heterocycles. The van der Waals surface area contributed by atoms with E-state index in [0.29, 0.717) is 17.0 Å². The smallest absolute Gasteiger partial charge is 0.325 e. The number of methoxy groups -OCH3 is 1. The van der Waals surface area contributed by atoms with E-state index in [1.54, 1.807) is 18.2 Å². The van der Waals surface area contributed by atoms with Gasteiger partial charge in [-0.25, -0.2) is 0 Å². The number of carbonyl (C=O) groups is 3. The van der Waals surface area contributed by atoms with Crippen molar-refractivity contribution in [2.24, 2.45) is 0 Å². The lowest BCUT2D eigenvalue weighted by Crippen LogP contribution is -2.42. The normalized spacial score (nSPS) is 13.5. The van der Waals surface area contributed by atoms with Gasteiger partial charge in [0.05, 0.1) is 18.1 Å². The molecule has 0 saturated carbocycles. The topological polar surface area (TPSA) is 72.9 Å². The molecule has 106 valence electrons. The van der Waals surface area contributed by atoms with E-state index in [0.717, 1.165) is 0 Å². The molecule has 0 spiro atoms. The lowest BCUT2D eigenvalue weighted by atomic mass is 10.1. The van der Waals surface area contributed by atoms with Gasteiger partial charge in [0.15, 0.2) is 12.4 Å². The van der Waals surface area contributed by atoms with Gasteiger partial charge in [-0.1, -0.05) is 15.9 Å². The molecule has 0 fully saturated rings. The minimum absolute atomic E-state index is 0.121. The third kappa shape index (κ3) is 2.82. The average molecular weight is 342 g/mol. The van der Waals surface area contributed by atoms with Crippen LogP contribution in [-0.4, -0.2) is 43.3 Å².